The first-order chi connectivity index (χ1) is 8.69. The number of rotatable bonds is 5. The third kappa shape index (κ3) is 3.07. The third-order valence-corrected chi connectivity index (χ3v) is 2.68. The summed E-state index contributed by atoms with van der Waals surface area (Å²) >= 11 is 0. The standard InChI is InChI=1S/C13H18N4O/c1-3-18-12-6-4-5-10(7-12)13(14)8-11-9-17(2)16-15-11/h4-7,9,13H,3,8,14H2,1-2H3. The number of nitrogens with two attached hydrogens (primary N) is 1. The summed E-state index contributed by atoms with van der Waals surface area (Å²) < 4.78 is 7.14. The van der Waals surface area contributed by atoms with Gasteiger partial charge in [0.1, 0.15) is 5.75 Å². The molecule has 0 saturated carbocycles. The van der Waals surface area contributed by atoms with Crippen LogP contribution >= 0.6 is 0 Å². The number of hydrogen-bond donors (Lipinski definition) is 1. The molecule has 0 aliphatic carbocycles. The average molecular weight is 246 g/mol. The highest BCUT2D eigenvalue weighted by molar-refractivity contribution is 5.31. The topological polar surface area (TPSA) is 66.0 Å². The Kier molecular flexibility index (Phi) is 3.94. The van der Waals surface area contributed by atoms with Crippen molar-refractivity contribution in [2.24, 2.45) is 12.8 Å². The van der Waals surface area contributed by atoms with E-state index in [1.54, 1.807) is 4.68 Å². The van der Waals surface area contributed by atoms with Crippen molar-refractivity contribution < 1.29 is 4.74 Å². The largest absolute Gasteiger partial charge is 0.494 e. The molecule has 96 valence electrons. The Bertz CT molecular complexity index is 509. The maximum absolute atomic E-state index is 6.17. The van der Waals surface area contributed by atoms with Gasteiger partial charge in [0.25, 0.3) is 0 Å². The molecule has 2 aromatic rings. The van der Waals surface area contributed by atoms with Crippen molar-refractivity contribution in [2.45, 2.75) is 19.4 Å². The van der Waals surface area contributed by atoms with E-state index < -0.39 is 0 Å². The van der Waals surface area contributed by atoms with Crippen LogP contribution in [-0.2, 0) is 13.5 Å². The molecular formula is C13H18N4O. The van der Waals surface area contributed by atoms with E-state index >= 15 is 0 Å². The Hall–Kier alpha value is -1.88. The van der Waals surface area contributed by atoms with Gasteiger partial charge in [-0.25, -0.2) is 0 Å². The van der Waals surface area contributed by atoms with E-state index in [0.717, 1.165) is 17.0 Å². The lowest BCUT2D eigenvalue weighted by atomic mass is 10.0. The summed E-state index contributed by atoms with van der Waals surface area (Å²) in [5, 5.41) is 7.94. The zero-order chi connectivity index (χ0) is 13.0. The summed E-state index contributed by atoms with van der Waals surface area (Å²) in [5.74, 6) is 0.851. The van der Waals surface area contributed by atoms with E-state index in [1.165, 1.54) is 0 Å². The van der Waals surface area contributed by atoms with Crippen LogP contribution in [0.2, 0.25) is 0 Å². The van der Waals surface area contributed by atoms with E-state index in [2.05, 4.69) is 10.3 Å². The van der Waals surface area contributed by atoms with Crippen molar-refractivity contribution in [2.75, 3.05) is 6.61 Å². The van der Waals surface area contributed by atoms with Crippen molar-refractivity contribution >= 4 is 0 Å². The monoisotopic (exact) mass is 246 g/mol. The first-order valence-corrected chi connectivity index (χ1v) is 6.02. The second-order valence-electron chi connectivity index (χ2n) is 4.20. The molecule has 5 nitrogen and oxygen atoms in total. The molecule has 0 fully saturated rings. The van der Waals surface area contributed by atoms with Crippen LogP contribution in [0.3, 0.4) is 0 Å². The quantitative estimate of drug-likeness (QED) is 0.867. The third-order valence-electron chi connectivity index (χ3n) is 2.68. The summed E-state index contributed by atoms with van der Waals surface area (Å²) in [6, 6.07) is 7.77. The van der Waals surface area contributed by atoms with Gasteiger partial charge in [0.05, 0.1) is 12.3 Å². The summed E-state index contributed by atoms with van der Waals surface area (Å²) in [5.41, 5.74) is 8.11. The second kappa shape index (κ2) is 5.64. The molecule has 5 heteroatoms. The van der Waals surface area contributed by atoms with Crippen LogP contribution in [0.5, 0.6) is 5.75 Å². The number of aromatic nitrogens is 3. The molecule has 2 N–H and O–H groups in total. The van der Waals surface area contributed by atoms with Gasteiger partial charge >= 0.3 is 0 Å². The zero-order valence-electron chi connectivity index (χ0n) is 10.7. The van der Waals surface area contributed by atoms with E-state index in [-0.39, 0.29) is 6.04 Å². The highest BCUT2D eigenvalue weighted by Crippen LogP contribution is 2.20. The number of benzene rings is 1. The molecule has 1 aromatic heterocycles. The van der Waals surface area contributed by atoms with E-state index in [4.69, 9.17) is 10.5 Å². The Labute approximate surface area is 107 Å². The maximum atomic E-state index is 6.17. The smallest absolute Gasteiger partial charge is 0.119 e. The Balaban J connectivity index is 2.08. The van der Waals surface area contributed by atoms with E-state index in [1.807, 2.05) is 44.4 Å². The lowest BCUT2D eigenvalue weighted by molar-refractivity contribution is 0.339. The van der Waals surface area contributed by atoms with Gasteiger partial charge in [-0.05, 0) is 24.6 Å². The molecule has 2 rings (SSSR count). The minimum atomic E-state index is -0.0953. The van der Waals surface area contributed by atoms with Gasteiger partial charge in [0, 0.05) is 25.7 Å². The fourth-order valence-corrected chi connectivity index (χ4v) is 1.83. The van der Waals surface area contributed by atoms with Crippen LogP contribution in [0.15, 0.2) is 30.5 Å². The first kappa shape index (κ1) is 12.6. The van der Waals surface area contributed by atoms with Crippen LogP contribution in [0.1, 0.15) is 24.2 Å². The Morgan fingerprint density at radius 2 is 2.28 bits per heavy atom. The van der Waals surface area contributed by atoms with Gasteiger partial charge in [-0.3, -0.25) is 4.68 Å². The van der Waals surface area contributed by atoms with Crippen molar-refractivity contribution in [3.8, 4) is 5.75 Å². The van der Waals surface area contributed by atoms with Crippen molar-refractivity contribution in [3.63, 3.8) is 0 Å². The maximum Gasteiger partial charge on any atom is 0.119 e. The predicted octanol–water partition coefficient (Wildman–Crippen LogP) is 1.46. The molecular weight excluding hydrogens is 228 g/mol. The molecule has 0 bridgehead atoms. The molecule has 0 amide bonds. The number of hydrogen-bond acceptors (Lipinski definition) is 4. The second-order valence-corrected chi connectivity index (χ2v) is 4.20. The average Bonchev–Trinajstić information content (AvgIpc) is 2.75. The molecule has 1 heterocycles. The molecule has 1 unspecified atom stereocenters. The first-order valence-electron chi connectivity index (χ1n) is 6.02. The van der Waals surface area contributed by atoms with Gasteiger partial charge < -0.3 is 10.5 Å². The van der Waals surface area contributed by atoms with Crippen LogP contribution in [0.4, 0.5) is 0 Å². The molecule has 0 aliphatic heterocycles. The Morgan fingerprint density at radius 1 is 1.44 bits per heavy atom. The zero-order valence-corrected chi connectivity index (χ0v) is 10.7. The molecule has 1 aromatic carbocycles. The highest BCUT2D eigenvalue weighted by Gasteiger charge is 2.10. The normalized spacial score (nSPS) is 12.4. The summed E-state index contributed by atoms with van der Waals surface area (Å²) in [4.78, 5) is 0. The van der Waals surface area contributed by atoms with Crippen LogP contribution in [0.25, 0.3) is 0 Å². The van der Waals surface area contributed by atoms with Crippen LogP contribution in [-0.4, -0.2) is 21.6 Å². The van der Waals surface area contributed by atoms with Gasteiger partial charge in [0.15, 0.2) is 0 Å². The lowest BCUT2D eigenvalue weighted by Crippen LogP contribution is -2.13. The van der Waals surface area contributed by atoms with Crippen LogP contribution < -0.4 is 10.5 Å². The molecule has 0 spiro atoms. The van der Waals surface area contributed by atoms with E-state index in [9.17, 15) is 0 Å². The number of nitrogens with zero attached hydrogens (tertiary/aromatic N) is 3. The number of ether oxygens (including phenoxy) is 1. The summed E-state index contributed by atoms with van der Waals surface area (Å²) in [6.07, 6.45) is 2.55. The highest BCUT2D eigenvalue weighted by atomic mass is 16.5. The molecule has 0 radical (unpaired) electrons. The summed E-state index contributed by atoms with van der Waals surface area (Å²) in [6.45, 7) is 2.62. The SMILES string of the molecule is CCOc1cccc(C(N)Cc2cn(C)nn2)c1. The van der Waals surface area contributed by atoms with Gasteiger partial charge in [-0.2, -0.15) is 0 Å². The molecule has 0 aliphatic rings. The molecule has 0 saturated heterocycles. The van der Waals surface area contributed by atoms with Gasteiger partial charge in [-0.15, -0.1) is 5.10 Å². The predicted molar refractivity (Wildman–Crippen MR) is 69.2 cm³/mol. The van der Waals surface area contributed by atoms with Gasteiger partial charge in [-0.1, -0.05) is 17.3 Å². The van der Waals surface area contributed by atoms with Crippen molar-refractivity contribution in [1.82, 2.24) is 15.0 Å². The van der Waals surface area contributed by atoms with E-state index in [0.29, 0.717) is 13.0 Å². The number of aryl methyl sites for hydroxylation is 1. The minimum absolute atomic E-state index is 0.0953. The van der Waals surface area contributed by atoms with Gasteiger partial charge in [0.2, 0.25) is 0 Å². The molecule has 18 heavy (non-hydrogen) atoms. The molecule has 1 atom stereocenters. The fraction of sp³-hybridized carbons (Fsp3) is 0.385. The van der Waals surface area contributed by atoms with Crippen LogP contribution in [0, 0.1) is 0 Å². The summed E-state index contributed by atoms with van der Waals surface area (Å²) in [7, 11) is 1.84. The fourth-order valence-electron chi connectivity index (χ4n) is 1.83. The lowest BCUT2D eigenvalue weighted by Gasteiger charge is -2.12. The van der Waals surface area contributed by atoms with Crippen molar-refractivity contribution in [3.05, 3.63) is 41.7 Å². The minimum Gasteiger partial charge on any atom is -0.494 e. The Morgan fingerprint density at radius 3 is 2.94 bits per heavy atom. The van der Waals surface area contributed by atoms with Crippen molar-refractivity contribution in [1.29, 1.82) is 0 Å².